The van der Waals surface area contributed by atoms with Crippen LogP contribution in [0.4, 0.5) is 10.6 Å². The molecule has 2 heterocycles. The molecule has 1 N–H and O–H groups in total. The number of ether oxygens (including phenoxy) is 2. The minimum Gasteiger partial charge on any atom is -0.462 e. The molecule has 160 valence electrons. The van der Waals surface area contributed by atoms with Crippen molar-refractivity contribution >= 4 is 23.8 Å². The van der Waals surface area contributed by atoms with Crippen LogP contribution in [0.5, 0.6) is 0 Å². The van der Waals surface area contributed by atoms with Crippen LogP contribution < -0.4 is 10.2 Å². The summed E-state index contributed by atoms with van der Waals surface area (Å²) in [5.74, 6) is 0.366. The first-order valence-corrected chi connectivity index (χ1v) is 9.82. The molecule has 0 aromatic carbocycles. The van der Waals surface area contributed by atoms with Crippen molar-refractivity contribution in [2.24, 2.45) is 0 Å². The molecule has 1 aliphatic heterocycles. The molecule has 1 saturated heterocycles. The summed E-state index contributed by atoms with van der Waals surface area (Å²) < 4.78 is 10.1. The lowest BCUT2D eigenvalue weighted by molar-refractivity contribution is -0.131. The Bertz CT molecular complexity index is 707. The molecule has 0 saturated carbocycles. The van der Waals surface area contributed by atoms with Gasteiger partial charge in [0.15, 0.2) is 0 Å². The van der Waals surface area contributed by atoms with Gasteiger partial charge in [0.1, 0.15) is 11.4 Å². The van der Waals surface area contributed by atoms with Crippen molar-refractivity contribution < 1.29 is 23.9 Å². The number of hydrogen-bond donors (Lipinski definition) is 1. The maximum absolute atomic E-state index is 12.3. The number of hydrogen-bond acceptors (Lipinski definition) is 7. The van der Waals surface area contributed by atoms with Gasteiger partial charge in [-0.25, -0.2) is 14.6 Å². The Hall–Kier alpha value is -2.84. The summed E-state index contributed by atoms with van der Waals surface area (Å²) >= 11 is 0. The average Bonchev–Trinajstić information content (AvgIpc) is 2.67. The van der Waals surface area contributed by atoms with Crippen LogP contribution in [0.15, 0.2) is 18.3 Å². The predicted octanol–water partition coefficient (Wildman–Crippen LogP) is 1.82. The van der Waals surface area contributed by atoms with E-state index in [0.29, 0.717) is 38.3 Å². The zero-order valence-corrected chi connectivity index (χ0v) is 17.6. The summed E-state index contributed by atoms with van der Waals surface area (Å²) in [7, 11) is 0. The van der Waals surface area contributed by atoms with Crippen molar-refractivity contribution in [3.8, 4) is 0 Å². The largest absolute Gasteiger partial charge is 0.462 e. The number of alkyl carbamates (subject to hydrolysis) is 1. The van der Waals surface area contributed by atoms with E-state index >= 15 is 0 Å². The van der Waals surface area contributed by atoms with Gasteiger partial charge in [0, 0.05) is 45.3 Å². The van der Waals surface area contributed by atoms with Crippen LogP contribution in [-0.2, 0) is 14.3 Å². The fourth-order valence-corrected chi connectivity index (χ4v) is 2.84. The standard InChI is InChI=1S/C20H30N4O5/c1-5-28-18(26)15-6-7-16(22-14-15)23-10-12-24(13-11-23)17(25)8-9-21-19(27)29-20(2,3)4/h6-7,14H,5,8-13H2,1-4H3,(H,21,27). The summed E-state index contributed by atoms with van der Waals surface area (Å²) in [5.41, 5.74) is -0.144. The number of carbonyl (C=O) groups is 3. The van der Waals surface area contributed by atoms with E-state index < -0.39 is 11.7 Å². The number of esters is 1. The quantitative estimate of drug-likeness (QED) is 0.719. The predicted molar refractivity (Wildman–Crippen MR) is 108 cm³/mol. The Morgan fingerprint density at radius 1 is 1.14 bits per heavy atom. The van der Waals surface area contributed by atoms with Crippen LogP contribution in [0.2, 0.25) is 0 Å². The molecule has 2 rings (SSSR count). The van der Waals surface area contributed by atoms with Gasteiger partial charge in [-0.3, -0.25) is 4.79 Å². The van der Waals surface area contributed by atoms with Gasteiger partial charge in [-0.1, -0.05) is 0 Å². The lowest BCUT2D eigenvalue weighted by atomic mass is 10.2. The Kier molecular flexibility index (Phi) is 7.81. The van der Waals surface area contributed by atoms with Crippen LogP contribution in [-0.4, -0.2) is 72.8 Å². The van der Waals surface area contributed by atoms with Crippen molar-refractivity contribution in [3.05, 3.63) is 23.9 Å². The number of anilines is 1. The smallest absolute Gasteiger partial charge is 0.407 e. The second-order valence-electron chi connectivity index (χ2n) is 7.67. The molecule has 1 aliphatic rings. The highest BCUT2D eigenvalue weighted by molar-refractivity contribution is 5.89. The summed E-state index contributed by atoms with van der Waals surface area (Å²) in [6.07, 6.45) is 1.21. The highest BCUT2D eigenvalue weighted by atomic mass is 16.6. The number of pyridine rings is 1. The van der Waals surface area contributed by atoms with Gasteiger partial charge in [-0.2, -0.15) is 0 Å². The number of nitrogens with zero attached hydrogens (tertiary/aromatic N) is 3. The van der Waals surface area contributed by atoms with E-state index in [9.17, 15) is 14.4 Å². The van der Waals surface area contributed by atoms with E-state index in [1.807, 2.05) is 0 Å². The lowest BCUT2D eigenvalue weighted by Gasteiger charge is -2.35. The van der Waals surface area contributed by atoms with Crippen molar-refractivity contribution in [1.82, 2.24) is 15.2 Å². The molecule has 0 bridgehead atoms. The Balaban J connectivity index is 1.75. The van der Waals surface area contributed by atoms with Crippen LogP contribution in [0.3, 0.4) is 0 Å². The Morgan fingerprint density at radius 3 is 2.38 bits per heavy atom. The molecule has 1 aromatic heterocycles. The second-order valence-corrected chi connectivity index (χ2v) is 7.67. The van der Waals surface area contributed by atoms with Crippen molar-refractivity contribution in [3.63, 3.8) is 0 Å². The normalized spacial score (nSPS) is 14.3. The molecular formula is C20H30N4O5. The van der Waals surface area contributed by atoms with Crippen LogP contribution in [0.25, 0.3) is 0 Å². The van der Waals surface area contributed by atoms with Gasteiger partial charge < -0.3 is 24.6 Å². The molecule has 0 atom stereocenters. The van der Waals surface area contributed by atoms with Gasteiger partial charge in [0.2, 0.25) is 5.91 Å². The van der Waals surface area contributed by atoms with E-state index in [1.165, 1.54) is 6.20 Å². The average molecular weight is 406 g/mol. The number of piperazine rings is 1. The molecule has 1 fully saturated rings. The number of amides is 2. The van der Waals surface area contributed by atoms with Gasteiger partial charge in [-0.15, -0.1) is 0 Å². The molecule has 0 radical (unpaired) electrons. The topological polar surface area (TPSA) is 101 Å². The minimum absolute atomic E-state index is 0.00803. The first-order valence-electron chi connectivity index (χ1n) is 9.82. The molecule has 1 aromatic rings. The zero-order valence-electron chi connectivity index (χ0n) is 17.6. The third-order valence-corrected chi connectivity index (χ3v) is 4.22. The number of rotatable bonds is 6. The first kappa shape index (κ1) is 22.4. The van der Waals surface area contributed by atoms with Gasteiger partial charge in [0.25, 0.3) is 0 Å². The zero-order chi connectivity index (χ0) is 21.4. The summed E-state index contributed by atoms with van der Waals surface area (Å²) in [6, 6.07) is 3.48. The molecule has 9 nitrogen and oxygen atoms in total. The fourth-order valence-electron chi connectivity index (χ4n) is 2.84. The van der Waals surface area contributed by atoms with E-state index in [4.69, 9.17) is 9.47 Å². The highest BCUT2D eigenvalue weighted by Gasteiger charge is 2.22. The van der Waals surface area contributed by atoms with Crippen molar-refractivity contribution in [2.75, 3.05) is 44.2 Å². The van der Waals surface area contributed by atoms with Crippen LogP contribution >= 0.6 is 0 Å². The van der Waals surface area contributed by atoms with Crippen molar-refractivity contribution in [1.29, 1.82) is 0 Å². The molecule has 0 unspecified atom stereocenters. The number of carbonyl (C=O) groups excluding carboxylic acids is 3. The number of nitrogens with one attached hydrogen (secondary N) is 1. The summed E-state index contributed by atoms with van der Waals surface area (Å²) in [5, 5.41) is 2.60. The monoisotopic (exact) mass is 406 g/mol. The van der Waals surface area contributed by atoms with Crippen molar-refractivity contribution in [2.45, 2.75) is 39.7 Å². The Morgan fingerprint density at radius 2 is 1.83 bits per heavy atom. The Labute approximate surface area is 171 Å². The van der Waals surface area contributed by atoms with Gasteiger partial charge >= 0.3 is 12.1 Å². The van der Waals surface area contributed by atoms with E-state index in [1.54, 1.807) is 44.7 Å². The highest BCUT2D eigenvalue weighted by Crippen LogP contribution is 2.15. The molecule has 0 aliphatic carbocycles. The fraction of sp³-hybridized carbons (Fsp3) is 0.600. The minimum atomic E-state index is -0.563. The lowest BCUT2D eigenvalue weighted by Crippen LogP contribution is -2.49. The molecule has 0 spiro atoms. The maximum Gasteiger partial charge on any atom is 0.407 e. The summed E-state index contributed by atoms with van der Waals surface area (Å²) in [6.45, 7) is 10.1. The maximum atomic E-state index is 12.3. The van der Waals surface area contributed by atoms with E-state index in [0.717, 1.165) is 5.82 Å². The third-order valence-electron chi connectivity index (χ3n) is 4.22. The molecular weight excluding hydrogens is 376 g/mol. The molecule has 29 heavy (non-hydrogen) atoms. The second kappa shape index (κ2) is 10.1. The summed E-state index contributed by atoms with van der Waals surface area (Å²) in [4.78, 5) is 43.8. The third kappa shape index (κ3) is 7.24. The van der Waals surface area contributed by atoms with Crippen LogP contribution in [0.1, 0.15) is 44.5 Å². The molecule has 9 heteroatoms. The molecule has 2 amide bonds. The van der Waals surface area contributed by atoms with Gasteiger partial charge in [-0.05, 0) is 39.8 Å². The SMILES string of the molecule is CCOC(=O)c1ccc(N2CCN(C(=O)CCNC(=O)OC(C)(C)C)CC2)nc1. The first-order chi connectivity index (χ1) is 13.7. The van der Waals surface area contributed by atoms with E-state index in [2.05, 4.69) is 15.2 Å². The van der Waals surface area contributed by atoms with Crippen LogP contribution in [0, 0.1) is 0 Å². The van der Waals surface area contributed by atoms with E-state index in [-0.39, 0.29) is 24.8 Å². The number of aromatic nitrogens is 1. The van der Waals surface area contributed by atoms with Gasteiger partial charge in [0.05, 0.1) is 12.2 Å².